The Morgan fingerprint density at radius 3 is 2.77 bits per heavy atom. The molecule has 5 heteroatoms. The van der Waals surface area contributed by atoms with Gasteiger partial charge in [0.25, 0.3) is 5.91 Å². The number of nitrogens with one attached hydrogen (secondary N) is 1. The summed E-state index contributed by atoms with van der Waals surface area (Å²) in [4.78, 5) is 17.3. The number of rotatable bonds is 6. The molecule has 3 aromatic rings. The van der Waals surface area contributed by atoms with Crippen molar-refractivity contribution < 1.29 is 13.9 Å². The van der Waals surface area contributed by atoms with Crippen molar-refractivity contribution in [3.8, 4) is 11.3 Å². The zero-order chi connectivity index (χ0) is 18.5. The number of methoxy groups -OCH3 is 1. The lowest BCUT2D eigenvalue weighted by Gasteiger charge is -2.11. The predicted molar refractivity (Wildman–Crippen MR) is 101 cm³/mol. The summed E-state index contributed by atoms with van der Waals surface area (Å²) < 4.78 is 19.2. The Balaban J connectivity index is 2.05. The molecular formula is C21H21FN2O2. The third kappa shape index (κ3) is 3.89. The molecule has 1 N–H and O–H groups in total. The predicted octanol–water partition coefficient (Wildman–Crippen LogP) is 4.12. The monoisotopic (exact) mass is 352 g/mol. The quantitative estimate of drug-likeness (QED) is 0.679. The highest BCUT2D eigenvalue weighted by atomic mass is 19.1. The highest BCUT2D eigenvalue weighted by Crippen LogP contribution is 2.27. The van der Waals surface area contributed by atoms with Gasteiger partial charge in [0, 0.05) is 31.2 Å². The zero-order valence-corrected chi connectivity index (χ0v) is 14.9. The second-order valence-electron chi connectivity index (χ2n) is 6.16. The Hall–Kier alpha value is -2.79. The fourth-order valence-electron chi connectivity index (χ4n) is 2.85. The van der Waals surface area contributed by atoms with Crippen LogP contribution in [0.2, 0.25) is 0 Å². The molecule has 2 aromatic carbocycles. The number of nitrogens with zero attached hydrogens (tertiary/aromatic N) is 1. The topological polar surface area (TPSA) is 51.2 Å². The number of fused-ring (bicyclic) bond motifs is 1. The van der Waals surface area contributed by atoms with Crippen LogP contribution in [0.4, 0.5) is 4.39 Å². The molecule has 134 valence electrons. The SMILES string of the molecule is COCCCNC(=O)c1cc(-c2ccccc2F)nc2ccc(C)cc12. The van der Waals surface area contributed by atoms with Crippen LogP contribution in [0.5, 0.6) is 0 Å². The van der Waals surface area contributed by atoms with Crippen molar-refractivity contribution in [3.05, 3.63) is 65.5 Å². The van der Waals surface area contributed by atoms with Gasteiger partial charge in [-0.3, -0.25) is 4.79 Å². The van der Waals surface area contributed by atoms with Crippen molar-refractivity contribution in [2.24, 2.45) is 0 Å². The molecule has 3 rings (SSSR count). The van der Waals surface area contributed by atoms with Crippen LogP contribution < -0.4 is 5.32 Å². The standard InChI is InChI=1S/C21H21FN2O2/c1-14-8-9-19-16(12-14)17(21(25)23-10-5-11-26-2)13-20(24-19)15-6-3-4-7-18(15)22/h3-4,6-9,12-13H,5,10-11H2,1-2H3,(H,23,25). The van der Waals surface area contributed by atoms with Gasteiger partial charge in [0.1, 0.15) is 5.82 Å². The molecule has 0 aliphatic carbocycles. The van der Waals surface area contributed by atoms with E-state index in [-0.39, 0.29) is 11.7 Å². The Labute approximate surface area is 152 Å². The van der Waals surface area contributed by atoms with Crippen molar-refractivity contribution in [1.29, 1.82) is 0 Å². The number of pyridine rings is 1. The first-order chi connectivity index (χ1) is 12.6. The third-order valence-electron chi connectivity index (χ3n) is 4.17. The molecule has 0 aliphatic rings. The fraction of sp³-hybridized carbons (Fsp3) is 0.238. The number of benzene rings is 2. The van der Waals surface area contributed by atoms with Gasteiger partial charge in [0.05, 0.1) is 16.8 Å². The van der Waals surface area contributed by atoms with Crippen LogP contribution in [0, 0.1) is 12.7 Å². The van der Waals surface area contributed by atoms with Gasteiger partial charge >= 0.3 is 0 Å². The van der Waals surface area contributed by atoms with Gasteiger partial charge in [-0.05, 0) is 43.7 Å². The molecular weight excluding hydrogens is 331 g/mol. The minimum Gasteiger partial charge on any atom is -0.385 e. The van der Waals surface area contributed by atoms with Gasteiger partial charge in [-0.2, -0.15) is 0 Å². The molecule has 0 saturated heterocycles. The maximum Gasteiger partial charge on any atom is 0.252 e. The van der Waals surface area contributed by atoms with Crippen LogP contribution in [0.3, 0.4) is 0 Å². The lowest BCUT2D eigenvalue weighted by molar-refractivity contribution is 0.0950. The number of carbonyl (C=O) groups is 1. The summed E-state index contributed by atoms with van der Waals surface area (Å²) in [6.07, 6.45) is 0.727. The first kappa shape index (κ1) is 18.0. The molecule has 0 saturated carbocycles. The smallest absolute Gasteiger partial charge is 0.252 e. The highest BCUT2D eigenvalue weighted by molar-refractivity contribution is 6.07. The Bertz CT molecular complexity index is 940. The van der Waals surface area contributed by atoms with E-state index >= 15 is 0 Å². The molecule has 0 atom stereocenters. The Kier molecular flexibility index (Phi) is 5.58. The molecule has 1 heterocycles. The molecule has 0 unspecified atom stereocenters. The number of carbonyl (C=O) groups excluding carboxylic acids is 1. The molecule has 26 heavy (non-hydrogen) atoms. The number of ether oxygens (including phenoxy) is 1. The molecule has 4 nitrogen and oxygen atoms in total. The van der Waals surface area contributed by atoms with Crippen molar-refractivity contribution in [2.75, 3.05) is 20.3 Å². The summed E-state index contributed by atoms with van der Waals surface area (Å²) in [7, 11) is 1.63. The van der Waals surface area contributed by atoms with E-state index in [1.165, 1.54) is 6.07 Å². The summed E-state index contributed by atoms with van der Waals surface area (Å²) in [5.41, 5.74) is 3.02. The molecule has 0 fully saturated rings. The highest BCUT2D eigenvalue weighted by Gasteiger charge is 2.15. The number of aromatic nitrogens is 1. The number of hydrogen-bond acceptors (Lipinski definition) is 3. The van der Waals surface area contributed by atoms with Crippen LogP contribution in [0.25, 0.3) is 22.2 Å². The normalized spacial score (nSPS) is 10.9. The van der Waals surface area contributed by atoms with Gasteiger partial charge in [-0.25, -0.2) is 9.37 Å². The van der Waals surface area contributed by atoms with Gasteiger partial charge in [-0.15, -0.1) is 0 Å². The lowest BCUT2D eigenvalue weighted by atomic mass is 10.0. The number of hydrogen-bond donors (Lipinski definition) is 1. The maximum atomic E-state index is 14.2. The third-order valence-corrected chi connectivity index (χ3v) is 4.17. The van der Waals surface area contributed by atoms with Crippen molar-refractivity contribution in [1.82, 2.24) is 10.3 Å². The number of amides is 1. The van der Waals surface area contributed by atoms with Crippen molar-refractivity contribution in [3.63, 3.8) is 0 Å². The second kappa shape index (κ2) is 8.06. The minimum atomic E-state index is -0.363. The van der Waals surface area contributed by atoms with Gasteiger partial charge < -0.3 is 10.1 Å². The van der Waals surface area contributed by atoms with Crippen molar-refractivity contribution >= 4 is 16.8 Å². The van der Waals surface area contributed by atoms with Gasteiger partial charge in [0.15, 0.2) is 0 Å². The summed E-state index contributed by atoms with van der Waals surface area (Å²) in [6, 6.07) is 13.8. The van der Waals surface area contributed by atoms with E-state index < -0.39 is 0 Å². The average molecular weight is 352 g/mol. The number of halogens is 1. The van der Waals surface area contributed by atoms with E-state index in [1.807, 2.05) is 25.1 Å². The van der Waals surface area contributed by atoms with E-state index in [1.54, 1.807) is 31.4 Å². The van der Waals surface area contributed by atoms with Crippen LogP contribution in [0.15, 0.2) is 48.5 Å². The molecule has 0 bridgehead atoms. The van der Waals surface area contributed by atoms with Crippen LogP contribution in [0.1, 0.15) is 22.3 Å². The zero-order valence-electron chi connectivity index (χ0n) is 14.9. The maximum absolute atomic E-state index is 14.2. The summed E-state index contributed by atoms with van der Waals surface area (Å²) in [6.45, 7) is 3.05. The average Bonchev–Trinajstić information content (AvgIpc) is 2.64. The minimum absolute atomic E-state index is 0.198. The molecule has 0 radical (unpaired) electrons. The van der Waals surface area contributed by atoms with Gasteiger partial charge in [0.2, 0.25) is 0 Å². The number of aryl methyl sites for hydroxylation is 1. The molecule has 0 aliphatic heterocycles. The summed E-state index contributed by atoms with van der Waals surface area (Å²) in [5, 5.41) is 3.66. The molecule has 1 amide bonds. The van der Waals surface area contributed by atoms with Crippen LogP contribution in [-0.4, -0.2) is 31.2 Å². The van der Waals surface area contributed by atoms with E-state index in [9.17, 15) is 9.18 Å². The molecule has 1 aromatic heterocycles. The summed E-state index contributed by atoms with van der Waals surface area (Å²) >= 11 is 0. The fourth-order valence-corrected chi connectivity index (χ4v) is 2.85. The Morgan fingerprint density at radius 2 is 2.00 bits per heavy atom. The summed E-state index contributed by atoms with van der Waals surface area (Å²) in [5.74, 6) is -0.561. The van der Waals surface area contributed by atoms with Crippen molar-refractivity contribution in [2.45, 2.75) is 13.3 Å². The van der Waals surface area contributed by atoms with E-state index in [0.29, 0.717) is 35.5 Å². The van der Waals surface area contributed by atoms with E-state index in [2.05, 4.69) is 10.3 Å². The van der Waals surface area contributed by atoms with Crippen LogP contribution >= 0.6 is 0 Å². The second-order valence-corrected chi connectivity index (χ2v) is 6.16. The first-order valence-electron chi connectivity index (χ1n) is 8.53. The Morgan fingerprint density at radius 1 is 1.19 bits per heavy atom. The lowest BCUT2D eigenvalue weighted by Crippen LogP contribution is -2.25. The van der Waals surface area contributed by atoms with Crippen LogP contribution in [-0.2, 0) is 4.74 Å². The molecule has 0 spiro atoms. The van der Waals surface area contributed by atoms with E-state index in [0.717, 1.165) is 17.4 Å². The van der Waals surface area contributed by atoms with E-state index in [4.69, 9.17) is 4.74 Å². The van der Waals surface area contributed by atoms with Gasteiger partial charge in [-0.1, -0.05) is 23.8 Å². The first-order valence-corrected chi connectivity index (χ1v) is 8.53. The largest absolute Gasteiger partial charge is 0.385 e.